The third-order valence-electron chi connectivity index (χ3n) is 8.94. The lowest BCUT2D eigenvalue weighted by Gasteiger charge is -2.23. The molecule has 5 rings (SSSR count). The second-order valence-corrected chi connectivity index (χ2v) is 12.4. The van der Waals surface area contributed by atoms with Gasteiger partial charge >= 0.3 is 0 Å². The van der Waals surface area contributed by atoms with Crippen LogP contribution in [0.15, 0.2) is 60.9 Å². The molecule has 230 valence electrons. The third kappa shape index (κ3) is 8.22. The number of aromatic nitrogens is 1. The van der Waals surface area contributed by atoms with E-state index in [0.717, 1.165) is 56.4 Å². The van der Waals surface area contributed by atoms with E-state index in [2.05, 4.69) is 71.9 Å². The summed E-state index contributed by atoms with van der Waals surface area (Å²) in [4.78, 5) is 16.6. The van der Waals surface area contributed by atoms with Gasteiger partial charge in [-0.2, -0.15) is 0 Å². The SMILES string of the molecule is Cc1ccc(C(C)CCCNC(=O)C(O)CCCCO)cc1CNC1(c2cnccc2-c2ccccc2OC2CC2)CC1. The number of unbranched alkanes of at least 4 members (excludes halogenated alkanes) is 1. The Morgan fingerprint density at radius 2 is 1.88 bits per heavy atom. The zero-order chi connectivity index (χ0) is 30.2. The standard InChI is InChI=1S/C36H47N3O4/c1-25(8-7-19-38-35(42)33(41)10-5-6-21-40)27-13-12-26(2)28(22-27)23-39-36(17-18-36)32-24-37-20-16-30(32)31-9-3-4-11-34(31)43-29-14-15-29/h3-4,9,11-13,16,20,22,24-25,29,33,39-41H,5-8,10,14-15,17-19,21,23H2,1-2H3,(H,38,42). The van der Waals surface area contributed by atoms with Gasteiger partial charge in [0.2, 0.25) is 5.91 Å². The highest BCUT2D eigenvalue weighted by Gasteiger charge is 2.45. The number of aliphatic hydroxyl groups excluding tert-OH is 2. The Bertz CT molecular complexity index is 1370. The number of carbonyl (C=O) groups is 1. The maximum absolute atomic E-state index is 12.1. The van der Waals surface area contributed by atoms with Gasteiger partial charge in [0.1, 0.15) is 11.9 Å². The number of para-hydroxylation sites is 1. The average Bonchev–Trinajstić information content (AvgIpc) is 3.96. The Balaban J connectivity index is 1.19. The molecular weight excluding hydrogens is 538 g/mol. The number of hydrogen-bond acceptors (Lipinski definition) is 6. The molecule has 1 amide bonds. The van der Waals surface area contributed by atoms with E-state index in [9.17, 15) is 9.90 Å². The second kappa shape index (κ2) is 14.5. The Kier molecular flexibility index (Phi) is 10.5. The van der Waals surface area contributed by atoms with Crippen LogP contribution in [0.25, 0.3) is 11.1 Å². The van der Waals surface area contributed by atoms with E-state index in [-0.39, 0.29) is 18.1 Å². The first kappa shape index (κ1) is 31.2. The van der Waals surface area contributed by atoms with Gasteiger partial charge < -0.3 is 25.6 Å². The number of ether oxygens (including phenoxy) is 1. The summed E-state index contributed by atoms with van der Waals surface area (Å²) in [6.45, 7) is 5.82. The smallest absolute Gasteiger partial charge is 0.248 e. The summed E-state index contributed by atoms with van der Waals surface area (Å²) in [7, 11) is 0. The number of carbonyl (C=O) groups excluding carboxylic acids is 1. The molecule has 2 saturated carbocycles. The van der Waals surface area contributed by atoms with Crippen molar-refractivity contribution in [2.75, 3.05) is 13.2 Å². The number of aryl methyl sites for hydroxylation is 1. The van der Waals surface area contributed by atoms with Gasteiger partial charge in [-0.15, -0.1) is 0 Å². The predicted octanol–water partition coefficient (Wildman–Crippen LogP) is 5.90. The van der Waals surface area contributed by atoms with Crippen molar-refractivity contribution in [3.05, 3.63) is 83.2 Å². The molecule has 1 heterocycles. The van der Waals surface area contributed by atoms with Crippen LogP contribution in [-0.2, 0) is 16.9 Å². The van der Waals surface area contributed by atoms with Crippen molar-refractivity contribution < 1.29 is 19.7 Å². The van der Waals surface area contributed by atoms with Crippen LogP contribution >= 0.6 is 0 Å². The van der Waals surface area contributed by atoms with Crippen LogP contribution < -0.4 is 15.4 Å². The van der Waals surface area contributed by atoms with Crippen LogP contribution in [0, 0.1) is 6.92 Å². The molecule has 4 N–H and O–H groups in total. The summed E-state index contributed by atoms with van der Waals surface area (Å²) in [5.74, 6) is 0.993. The molecule has 2 aromatic carbocycles. The Hall–Kier alpha value is -3.26. The molecule has 0 spiro atoms. The largest absolute Gasteiger partial charge is 0.490 e. The number of pyridine rings is 1. The molecule has 1 aromatic heterocycles. The maximum Gasteiger partial charge on any atom is 0.248 e. The molecular formula is C36H47N3O4. The van der Waals surface area contributed by atoms with Crippen LogP contribution in [0.4, 0.5) is 0 Å². The van der Waals surface area contributed by atoms with Gasteiger partial charge in [0.05, 0.1) is 6.10 Å². The monoisotopic (exact) mass is 585 g/mol. The van der Waals surface area contributed by atoms with Gasteiger partial charge in [0.15, 0.2) is 0 Å². The maximum atomic E-state index is 12.1. The minimum absolute atomic E-state index is 0.0838. The van der Waals surface area contributed by atoms with Gasteiger partial charge in [-0.3, -0.25) is 9.78 Å². The summed E-state index contributed by atoms with van der Waals surface area (Å²) in [5, 5.41) is 25.6. The topological polar surface area (TPSA) is 104 Å². The lowest BCUT2D eigenvalue weighted by molar-refractivity contribution is -0.129. The summed E-state index contributed by atoms with van der Waals surface area (Å²) in [6.07, 6.45) is 11.1. The molecule has 2 fully saturated rings. The van der Waals surface area contributed by atoms with E-state index in [1.165, 1.54) is 27.8 Å². The molecule has 3 aromatic rings. The van der Waals surface area contributed by atoms with Crippen LogP contribution in [0.5, 0.6) is 5.75 Å². The average molecular weight is 586 g/mol. The van der Waals surface area contributed by atoms with Crippen molar-refractivity contribution in [3.8, 4) is 16.9 Å². The number of rotatable bonds is 17. The van der Waals surface area contributed by atoms with Gasteiger partial charge in [-0.1, -0.05) is 43.3 Å². The minimum Gasteiger partial charge on any atom is -0.490 e. The van der Waals surface area contributed by atoms with Crippen molar-refractivity contribution in [1.29, 1.82) is 0 Å². The molecule has 43 heavy (non-hydrogen) atoms. The molecule has 2 aliphatic rings. The molecule has 2 unspecified atom stereocenters. The minimum atomic E-state index is -1.00. The lowest BCUT2D eigenvalue weighted by atomic mass is 9.92. The molecule has 0 bridgehead atoms. The van der Waals surface area contributed by atoms with Crippen LogP contribution in [0.3, 0.4) is 0 Å². The first-order chi connectivity index (χ1) is 20.9. The van der Waals surface area contributed by atoms with Crippen LogP contribution in [-0.4, -0.2) is 46.5 Å². The number of benzene rings is 2. The van der Waals surface area contributed by atoms with Crippen molar-refractivity contribution in [3.63, 3.8) is 0 Å². The molecule has 0 aliphatic heterocycles. The predicted molar refractivity (Wildman–Crippen MR) is 170 cm³/mol. The normalized spacial score (nSPS) is 16.8. The van der Waals surface area contributed by atoms with Gasteiger partial charge in [-0.05, 0) is 111 Å². The number of amides is 1. The van der Waals surface area contributed by atoms with Crippen LogP contribution in [0.2, 0.25) is 0 Å². The first-order valence-corrected chi connectivity index (χ1v) is 16.0. The molecule has 7 heteroatoms. The van der Waals surface area contributed by atoms with E-state index in [4.69, 9.17) is 9.84 Å². The number of nitrogens with one attached hydrogen (secondary N) is 2. The van der Waals surface area contributed by atoms with E-state index < -0.39 is 6.10 Å². The van der Waals surface area contributed by atoms with Crippen LogP contribution in [0.1, 0.15) is 92.9 Å². The van der Waals surface area contributed by atoms with Crippen molar-refractivity contribution >= 4 is 5.91 Å². The van der Waals surface area contributed by atoms with Crippen molar-refractivity contribution in [2.45, 2.75) is 102 Å². The molecule has 7 nitrogen and oxygen atoms in total. The van der Waals surface area contributed by atoms with Crippen molar-refractivity contribution in [1.82, 2.24) is 15.6 Å². The van der Waals surface area contributed by atoms with E-state index in [1.807, 2.05) is 18.5 Å². The zero-order valence-electron chi connectivity index (χ0n) is 25.6. The Morgan fingerprint density at radius 1 is 1.07 bits per heavy atom. The highest BCUT2D eigenvalue weighted by molar-refractivity contribution is 5.80. The molecule has 2 aliphatic carbocycles. The molecule has 2 atom stereocenters. The lowest BCUT2D eigenvalue weighted by Crippen LogP contribution is -2.35. The fourth-order valence-electron chi connectivity index (χ4n) is 5.77. The van der Waals surface area contributed by atoms with Gasteiger partial charge in [-0.25, -0.2) is 0 Å². The van der Waals surface area contributed by atoms with E-state index >= 15 is 0 Å². The first-order valence-electron chi connectivity index (χ1n) is 16.0. The molecule has 0 radical (unpaired) electrons. The highest BCUT2D eigenvalue weighted by Crippen LogP contribution is 2.50. The number of nitrogens with zero attached hydrogens (tertiary/aromatic N) is 1. The summed E-state index contributed by atoms with van der Waals surface area (Å²) >= 11 is 0. The Labute approximate surface area is 256 Å². The highest BCUT2D eigenvalue weighted by atomic mass is 16.5. The van der Waals surface area contributed by atoms with Gasteiger partial charge in [0.25, 0.3) is 0 Å². The van der Waals surface area contributed by atoms with Crippen molar-refractivity contribution in [2.24, 2.45) is 0 Å². The summed E-state index contributed by atoms with van der Waals surface area (Å²) in [6, 6.07) is 17.3. The third-order valence-corrected chi connectivity index (χ3v) is 8.94. The fourth-order valence-corrected chi connectivity index (χ4v) is 5.77. The summed E-state index contributed by atoms with van der Waals surface area (Å²) in [5.41, 5.74) is 7.36. The quantitative estimate of drug-likeness (QED) is 0.147. The number of aliphatic hydroxyl groups is 2. The van der Waals surface area contributed by atoms with E-state index in [1.54, 1.807) is 0 Å². The van der Waals surface area contributed by atoms with E-state index in [0.29, 0.717) is 37.8 Å². The number of hydrogen-bond donors (Lipinski definition) is 4. The Morgan fingerprint density at radius 3 is 2.65 bits per heavy atom. The molecule has 0 saturated heterocycles. The second-order valence-electron chi connectivity index (χ2n) is 12.4. The summed E-state index contributed by atoms with van der Waals surface area (Å²) < 4.78 is 6.27. The zero-order valence-corrected chi connectivity index (χ0v) is 25.6. The van der Waals surface area contributed by atoms with Gasteiger partial charge in [0, 0.05) is 43.2 Å². The fraction of sp³-hybridized carbons (Fsp3) is 0.500.